The third kappa shape index (κ3) is 7.44. The van der Waals surface area contributed by atoms with Crippen LogP contribution in [0.25, 0.3) is 22.0 Å². The maximum atomic E-state index is 14.5. The maximum Gasteiger partial charge on any atom is 0.393 e. The van der Waals surface area contributed by atoms with Gasteiger partial charge < -0.3 is 9.64 Å². The van der Waals surface area contributed by atoms with Gasteiger partial charge in [0.25, 0.3) is 0 Å². The van der Waals surface area contributed by atoms with E-state index < -0.39 is 18.5 Å². The van der Waals surface area contributed by atoms with Crippen molar-refractivity contribution in [3.8, 4) is 5.88 Å². The van der Waals surface area contributed by atoms with E-state index >= 15 is 0 Å². The molecule has 1 saturated heterocycles. The lowest BCUT2D eigenvalue weighted by molar-refractivity contribution is -0.125. The summed E-state index contributed by atoms with van der Waals surface area (Å²) in [6.45, 7) is 2.13. The first-order chi connectivity index (χ1) is 21.7. The minimum atomic E-state index is -4.49. The summed E-state index contributed by atoms with van der Waals surface area (Å²) in [7, 11) is 0. The number of pyridine rings is 1. The molecule has 2 aromatic carbocycles. The second-order valence-electron chi connectivity index (χ2n) is 11.9. The van der Waals surface area contributed by atoms with Gasteiger partial charge in [0.15, 0.2) is 0 Å². The van der Waals surface area contributed by atoms with Gasteiger partial charge in [0.2, 0.25) is 17.7 Å². The molecule has 10 heteroatoms. The summed E-state index contributed by atoms with van der Waals surface area (Å²) in [5.41, 5.74) is 2.02. The van der Waals surface area contributed by atoms with Crippen molar-refractivity contribution in [3.05, 3.63) is 102 Å². The van der Waals surface area contributed by atoms with Gasteiger partial charge in [0.05, 0.1) is 23.9 Å². The molecule has 234 valence electrons. The van der Waals surface area contributed by atoms with Gasteiger partial charge in [-0.05, 0) is 85.1 Å². The summed E-state index contributed by atoms with van der Waals surface area (Å²) < 4.78 is 62.5. The summed E-state index contributed by atoms with van der Waals surface area (Å²) >= 11 is 0. The van der Waals surface area contributed by atoms with Crippen molar-refractivity contribution < 1.29 is 27.1 Å². The monoisotopic (exact) mass is 618 g/mol. The van der Waals surface area contributed by atoms with Gasteiger partial charge in [-0.2, -0.15) is 22.7 Å². The minimum absolute atomic E-state index is 0.0315. The number of H-pyrrole nitrogens is 1. The highest BCUT2D eigenvalue weighted by Crippen LogP contribution is 2.50. The molecular weight excluding hydrogens is 584 g/mol. The van der Waals surface area contributed by atoms with Crippen LogP contribution in [0.5, 0.6) is 5.88 Å². The average Bonchev–Trinajstić information content (AvgIpc) is 3.40. The smallest absolute Gasteiger partial charge is 0.393 e. The molecule has 6 nitrogen and oxygen atoms in total. The number of likely N-dealkylation sites (tertiary alicyclic amines) is 1. The Kier molecular flexibility index (Phi) is 8.74. The predicted molar refractivity (Wildman–Crippen MR) is 165 cm³/mol. The van der Waals surface area contributed by atoms with Gasteiger partial charge in [0, 0.05) is 36.3 Å². The van der Waals surface area contributed by atoms with E-state index in [0.717, 1.165) is 51.6 Å². The molecule has 3 heterocycles. The van der Waals surface area contributed by atoms with Gasteiger partial charge in [-0.25, -0.2) is 4.98 Å². The van der Waals surface area contributed by atoms with E-state index in [4.69, 9.17) is 4.74 Å². The van der Waals surface area contributed by atoms with Gasteiger partial charge in [-0.15, -0.1) is 0 Å². The highest BCUT2D eigenvalue weighted by atomic mass is 19.4. The molecule has 1 amide bonds. The van der Waals surface area contributed by atoms with Crippen LogP contribution in [0.1, 0.15) is 61.6 Å². The van der Waals surface area contributed by atoms with E-state index in [1.54, 1.807) is 60.7 Å². The largest absolute Gasteiger partial charge is 0.477 e. The number of aromatic nitrogens is 3. The molecule has 0 bridgehead atoms. The summed E-state index contributed by atoms with van der Waals surface area (Å²) in [5.74, 6) is -0.211. The lowest BCUT2D eigenvalue weighted by atomic mass is 9.88. The number of hydrogen-bond acceptors (Lipinski definition) is 4. The normalized spacial score (nSPS) is 16.8. The van der Waals surface area contributed by atoms with Crippen molar-refractivity contribution >= 4 is 28.0 Å². The van der Waals surface area contributed by atoms with E-state index in [1.165, 1.54) is 12.3 Å². The Hall–Kier alpha value is -4.47. The SMILES string of the molecule is O=C(/C=C/CCC1(COc2ccc(/C(=C(/CC(F)(F)F)c3ccccc3)c3ccc4n[nH]c(F)c4c3)cn2)CC1)N1CCCC1. The molecule has 4 aromatic rings. The minimum Gasteiger partial charge on any atom is -0.477 e. The number of halogens is 4. The zero-order chi connectivity index (χ0) is 31.4. The lowest BCUT2D eigenvalue weighted by Gasteiger charge is -2.19. The van der Waals surface area contributed by atoms with Crippen LogP contribution >= 0.6 is 0 Å². The van der Waals surface area contributed by atoms with E-state index in [9.17, 15) is 22.4 Å². The number of hydrogen-bond donors (Lipinski definition) is 1. The van der Waals surface area contributed by atoms with Crippen molar-refractivity contribution in [2.24, 2.45) is 5.41 Å². The highest BCUT2D eigenvalue weighted by molar-refractivity contribution is 6.00. The molecule has 45 heavy (non-hydrogen) atoms. The average molecular weight is 619 g/mol. The number of benzene rings is 2. The molecule has 0 spiro atoms. The van der Waals surface area contributed by atoms with Crippen LogP contribution in [0.2, 0.25) is 0 Å². The number of amides is 1. The number of nitrogens with zero attached hydrogens (tertiary/aromatic N) is 3. The van der Waals surface area contributed by atoms with Crippen molar-refractivity contribution in [1.29, 1.82) is 0 Å². The molecule has 0 atom stereocenters. The van der Waals surface area contributed by atoms with Gasteiger partial charge in [0.1, 0.15) is 0 Å². The van der Waals surface area contributed by atoms with E-state index in [0.29, 0.717) is 40.3 Å². The number of allylic oxidation sites excluding steroid dienone is 2. The lowest BCUT2D eigenvalue weighted by Crippen LogP contribution is -2.25. The van der Waals surface area contributed by atoms with E-state index in [1.807, 2.05) is 11.0 Å². The van der Waals surface area contributed by atoms with Crippen molar-refractivity contribution in [2.45, 2.75) is 51.1 Å². The fourth-order valence-electron chi connectivity index (χ4n) is 5.92. The summed E-state index contributed by atoms with van der Waals surface area (Å²) in [6.07, 6.45) is 5.31. The third-order valence-electron chi connectivity index (χ3n) is 8.63. The predicted octanol–water partition coefficient (Wildman–Crippen LogP) is 8.13. The zero-order valence-electron chi connectivity index (χ0n) is 24.7. The molecular formula is C35H34F4N4O2. The first-order valence-corrected chi connectivity index (χ1v) is 15.2. The summed E-state index contributed by atoms with van der Waals surface area (Å²) in [6, 6.07) is 16.5. The Balaban J connectivity index is 1.23. The first-order valence-electron chi connectivity index (χ1n) is 15.2. The topological polar surface area (TPSA) is 71.1 Å². The fraction of sp³-hybridized carbons (Fsp3) is 0.343. The number of nitrogens with one attached hydrogen (secondary N) is 1. The van der Waals surface area contributed by atoms with E-state index in [-0.39, 0.29) is 22.3 Å². The van der Waals surface area contributed by atoms with Crippen LogP contribution < -0.4 is 4.74 Å². The van der Waals surface area contributed by atoms with Crippen LogP contribution in [0.4, 0.5) is 17.6 Å². The second kappa shape index (κ2) is 12.9. The van der Waals surface area contributed by atoms with E-state index in [2.05, 4.69) is 15.2 Å². The molecule has 6 rings (SSSR count). The molecule has 0 radical (unpaired) electrons. The Labute approximate surface area is 258 Å². The number of rotatable bonds is 11. The Morgan fingerprint density at radius 3 is 2.44 bits per heavy atom. The number of aromatic amines is 1. The molecule has 2 aliphatic rings. The summed E-state index contributed by atoms with van der Waals surface area (Å²) in [5, 5.41) is 6.39. The number of carbonyl (C=O) groups is 1. The molecule has 1 aliphatic carbocycles. The fourth-order valence-corrected chi connectivity index (χ4v) is 5.92. The third-order valence-corrected chi connectivity index (χ3v) is 8.63. The Bertz CT molecular complexity index is 1700. The molecule has 1 aliphatic heterocycles. The van der Waals surface area contributed by atoms with Crippen LogP contribution in [0.15, 0.2) is 79.0 Å². The quantitative estimate of drug-likeness (QED) is 0.105. The van der Waals surface area contributed by atoms with Gasteiger partial charge >= 0.3 is 6.18 Å². The maximum absolute atomic E-state index is 14.5. The van der Waals surface area contributed by atoms with Crippen LogP contribution in [0, 0.1) is 11.4 Å². The first kappa shape index (κ1) is 30.6. The van der Waals surface area contributed by atoms with Crippen LogP contribution in [0.3, 0.4) is 0 Å². The highest BCUT2D eigenvalue weighted by Gasteiger charge is 2.42. The molecule has 2 aromatic heterocycles. The Morgan fingerprint density at radius 2 is 1.76 bits per heavy atom. The number of carbonyl (C=O) groups excluding carboxylic acids is 1. The van der Waals surface area contributed by atoms with Crippen molar-refractivity contribution in [2.75, 3.05) is 19.7 Å². The molecule has 1 N–H and O–H groups in total. The molecule has 2 fully saturated rings. The van der Waals surface area contributed by atoms with Crippen LogP contribution in [-0.4, -0.2) is 51.9 Å². The standard InChI is InChI=1S/C35H34F4N4O2/c36-33-27-20-25(11-13-29(27)41-42-33)32(28(21-35(37,38)39)24-8-2-1-3-9-24)26-12-14-30(40-22-26)45-23-34(16-17-34)15-5-4-10-31(44)43-18-6-7-19-43/h1-4,8-14,20,22H,5-7,15-19,21,23H2,(H,41,42)/b10-4+,32-28-. The van der Waals surface area contributed by atoms with Gasteiger partial charge in [-0.1, -0.05) is 42.5 Å². The summed E-state index contributed by atoms with van der Waals surface area (Å²) in [4.78, 5) is 18.6. The van der Waals surface area contributed by atoms with Crippen LogP contribution in [-0.2, 0) is 4.79 Å². The zero-order valence-corrected chi connectivity index (χ0v) is 24.7. The van der Waals surface area contributed by atoms with Crippen molar-refractivity contribution in [3.63, 3.8) is 0 Å². The van der Waals surface area contributed by atoms with Gasteiger partial charge in [-0.3, -0.25) is 9.89 Å². The number of ether oxygens (including phenoxy) is 1. The molecule has 1 saturated carbocycles. The second-order valence-corrected chi connectivity index (χ2v) is 11.9. The Morgan fingerprint density at radius 1 is 1.00 bits per heavy atom. The number of alkyl halides is 3. The molecule has 0 unspecified atom stereocenters. The van der Waals surface area contributed by atoms with Crippen molar-refractivity contribution in [1.82, 2.24) is 20.1 Å². The number of fused-ring (bicyclic) bond motifs is 1.